The van der Waals surface area contributed by atoms with Gasteiger partial charge in [-0.2, -0.15) is 18.4 Å². The van der Waals surface area contributed by atoms with E-state index >= 15 is 0 Å². The molecular weight excluding hydrogens is 257 g/mol. The summed E-state index contributed by atoms with van der Waals surface area (Å²) in [6.45, 7) is 3.91. The summed E-state index contributed by atoms with van der Waals surface area (Å²) >= 11 is 0. The molecule has 0 amide bonds. The minimum atomic E-state index is -4.54. The molecule has 0 aliphatic heterocycles. The number of benzene rings is 1. The molecule has 3 nitrogen and oxygen atoms in total. The van der Waals surface area contributed by atoms with Crippen LogP contribution in [0.4, 0.5) is 18.9 Å². The molecule has 0 unspecified atom stereocenters. The summed E-state index contributed by atoms with van der Waals surface area (Å²) < 4.78 is 38.0. The molecule has 0 saturated heterocycles. The number of anilines is 1. The van der Waals surface area contributed by atoms with Crippen LogP contribution in [0.15, 0.2) is 18.2 Å². The van der Waals surface area contributed by atoms with Gasteiger partial charge in [-0.1, -0.05) is 0 Å². The maximum absolute atomic E-state index is 12.7. The number of nitrogens with zero attached hydrogens (tertiary/aromatic N) is 2. The fourth-order valence-electron chi connectivity index (χ4n) is 1.84. The SMILES string of the molecule is CC(C)N(CCO)c1ccc(C(F)(F)F)c(C#N)c1. The molecule has 6 heteroatoms. The van der Waals surface area contributed by atoms with Crippen LogP contribution in [0.2, 0.25) is 0 Å². The standard InChI is InChI=1S/C13H15F3N2O/c1-9(2)18(5-6-19)11-3-4-12(13(14,15)16)10(7-11)8-17/h3-4,7,9,19H,5-6H2,1-2H3. The maximum Gasteiger partial charge on any atom is 0.417 e. The molecule has 19 heavy (non-hydrogen) atoms. The van der Waals surface area contributed by atoms with E-state index in [0.717, 1.165) is 6.07 Å². The van der Waals surface area contributed by atoms with Gasteiger partial charge >= 0.3 is 6.18 Å². The smallest absolute Gasteiger partial charge is 0.395 e. The third kappa shape index (κ3) is 3.61. The third-order valence-electron chi connectivity index (χ3n) is 2.72. The number of rotatable bonds is 4. The van der Waals surface area contributed by atoms with Crippen LogP contribution in [0, 0.1) is 11.3 Å². The number of aliphatic hydroxyl groups excluding tert-OH is 1. The predicted molar refractivity (Wildman–Crippen MR) is 65.7 cm³/mol. The summed E-state index contributed by atoms with van der Waals surface area (Å²) in [5, 5.41) is 17.8. The second-order valence-electron chi connectivity index (χ2n) is 4.35. The van der Waals surface area contributed by atoms with E-state index in [1.807, 2.05) is 13.8 Å². The molecule has 0 fully saturated rings. The van der Waals surface area contributed by atoms with E-state index in [-0.39, 0.29) is 12.6 Å². The van der Waals surface area contributed by atoms with Crippen LogP contribution in [0.3, 0.4) is 0 Å². The molecule has 0 saturated carbocycles. The summed E-state index contributed by atoms with van der Waals surface area (Å²) in [4.78, 5) is 1.74. The van der Waals surface area contributed by atoms with Crippen molar-refractivity contribution in [2.24, 2.45) is 0 Å². The summed E-state index contributed by atoms with van der Waals surface area (Å²) in [6.07, 6.45) is -4.54. The van der Waals surface area contributed by atoms with Crippen molar-refractivity contribution < 1.29 is 18.3 Å². The molecule has 104 valence electrons. The van der Waals surface area contributed by atoms with E-state index < -0.39 is 17.3 Å². The van der Waals surface area contributed by atoms with Gasteiger partial charge in [-0.15, -0.1) is 0 Å². The summed E-state index contributed by atoms with van der Waals surface area (Å²) in [5.74, 6) is 0. The van der Waals surface area contributed by atoms with Gasteiger partial charge in [0, 0.05) is 18.3 Å². The molecule has 0 aromatic heterocycles. The molecule has 0 heterocycles. The fraction of sp³-hybridized carbons (Fsp3) is 0.462. The zero-order valence-corrected chi connectivity index (χ0v) is 10.7. The summed E-state index contributed by atoms with van der Waals surface area (Å²) in [6, 6.07) is 5.01. The van der Waals surface area contributed by atoms with Crippen LogP contribution in [-0.2, 0) is 6.18 Å². The average Bonchev–Trinajstić information content (AvgIpc) is 2.33. The van der Waals surface area contributed by atoms with E-state index in [1.165, 1.54) is 12.1 Å². The third-order valence-corrected chi connectivity index (χ3v) is 2.72. The molecule has 0 aliphatic carbocycles. The van der Waals surface area contributed by atoms with Gasteiger partial charge in [0.2, 0.25) is 0 Å². The predicted octanol–water partition coefficient (Wildman–Crippen LogP) is 2.78. The second-order valence-corrected chi connectivity index (χ2v) is 4.35. The number of nitriles is 1. The molecule has 0 spiro atoms. The van der Waals surface area contributed by atoms with E-state index in [1.54, 1.807) is 11.0 Å². The molecule has 1 aromatic carbocycles. The van der Waals surface area contributed by atoms with Crippen molar-refractivity contribution in [1.82, 2.24) is 0 Å². The van der Waals surface area contributed by atoms with Crippen LogP contribution in [-0.4, -0.2) is 24.3 Å². The van der Waals surface area contributed by atoms with Gasteiger partial charge < -0.3 is 10.0 Å². The van der Waals surface area contributed by atoms with Gasteiger partial charge in [-0.3, -0.25) is 0 Å². The van der Waals surface area contributed by atoms with E-state index in [4.69, 9.17) is 10.4 Å². The van der Waals surface area contributed by atoms with Gasteiger partial charge in [0.15, 0.2) is 0 Å². The zero-order valence-electron chi connectivity index (χ0n) is 10.7. The van der Waals surface area contributed by atoms with Crippen LogP contribution < -0.4 is 4.90 Å². The lowest BCUT2D eigenvalue weighted by molar-refractivity contribution is -0.137. The van der Waals surface area contributed by atoms with Crippen molar-refractivity contribution in [3.8, 4) is 6.07 Å². The first kappa shape index (κ1) is 15.3. The van der Waals surface area contributed by atoms with Gasteiger partial charge in [0.1, 0.15) is 0 Å². The van der Waals surface area contributed by atoms with Crippen LogP contribution >= 0.6 is 0 Å². The number of hydrogen-bond donors (Lipinski definition) is 1. The number of aliphatic hydroxyl groups is 1. The summed E-state index contributed by atoms with van der Waals surface area (Å²) in [7, 11) is 0. The minimum absolute atomic E-state index is 0.00966. The number of alkyl halides is 3. The number of hydrogen-bond acceptors (Lipinski definition) is 3. The molecule has 1 aromatic rings. The molecule has 0 atom stereocenters. The minimum Gasteiger partial charge on any atom is -0.395 e. The molecule has 0 aliphatic rings. The lowest BCUT2D eigenvalue weighted by Crippen LogP contribution is -2.33. The Labute approximate surface area is 109 Å². The van der Waals surface area contributed by atoms with Gasteiger partial charge in [0.25, 0.3) is 0 Å². The Balaban J connectivity index is 3.23. The van der Waals surface area contributed by atoms with Crippen LogP contribution in [0.1, 0.15) is 25.0 Å². The second kappa shape index (κ2) is 5.93. The molecule has 1 rings (SSSR count). The van der Waals surface area contributed by atoms with E-state index in [0.29, 0.717) is 12.2 Å². The van der Waals surface area contributed by atoms with Gasteiger partial charge in [-0.25, -0.2) is 0 Å². The Morgan fingerprint density at radius 1 is 1.37 bits per heavy atom. The molecule has 1 N–H and O–H groups in total. The van der Waals surface area contributed by atoms with Gasteiger partial charge in [0.05, 0.1) is 23.8 Å². The fourth-order valence-corrected chi connectivity index (χ4v) is 1.84. The van der Waals surface area contributed by atoms with Crippen molar-refractivity contribution in [2.45, 2.75) is 26.1 Å². The molecular formula is C13H15F3N2O. The van der Waals surface area contributed by atoms with Crippen LogP contribution in [0.5, 0.6) is 0 Å². The van der Waals surface area contributed by atoms with Crippen molar-refractivity contribution in [3.63, 3.8) is 0 Å². The van der Waals surface area contributed by atoms with Crippen molar-refractivity contribution >= 4 is 5.69 Å². The van der Waals surface area contributed by atoms with Crippen molar-refractivity contribution in [1.29, 1.82) is 5.26 Å². The largest absolute Gasteiger partial charge is 0.417 e. The first-order chi connectivity index (χ1) is 8.81. The van der Waals surface area contributed by atoms with Crippen molar-refractivity contribution in [3.05, 3.63) is 29.3 Å². The van der Waals surface area contributed by atoms with E-state index in [9.17, 15) is 13.2 Å². The van der Waals surface area contributed by atoms with Crippen molar-refractivity contribution in [2.75, 3.05) is 18.1 Å². The Morgan fingerprint density at radius 3 is 2.42 bits per heavy atom. The first-order valence-electron chi connectivity index (χ1n) is 5.80. The number of halogens is 3. The molecule has 0 radical (unpaired) electrons. The first-order valence-corrected chi connectivity index (χ1v) is 5.80. The Bertz CT molecular complexity index is 478. The van der Waals surface area contributed by atoms with E-state index in [2.05, 4.69) is 0 Å². The highest BCUT2D eigenvalue weighted by Gasteiger charge is 2.33. The highest BCUT2D eigenvalue weighted by molar-refractivity contribution is 5.55. The lowest BCUT2D eigenvalue weighted by Gasteiger charge is -2.28. The zero-order chi connectivity index (χ0) is 14.6. The van der Waals surface area contributed by atoms with Crippen LogP contribution in [0.25, 0.3) is 0 Å². The van der Waals surface area contributed by atoms with Gasteiger partial charge in [-0.05, 0) is 32.0 Å². The normalized spacial score (nSPS) is 11.5. The Kier molecular flexibility index (Phi) is 4.78. The maximum atomic E-state index is 12.7. The molecule has 0 bridgehead atoms. The quantitative estimate of drug-likeness (QED) is 0.916. The average molecular weight is 272 g/mol. The lowest BCUT2D eigenvalue weighted by atomic mass is 10.1. The monoisotopic (exact) mass is 272 g/mol. The topological polar surface area (TPSA) is 47.3 Å². The highest BCUT2D eigenvalue weighted by atomic mass is 19.4. The summed E-state index contributed by atoms with van der Waals surface area (Å²) in [5.41, 5.74) is -0.853. The Hall–Kier alpha value is -1.74. The Morgan fingerprint density at radius 2 is 2.00 bits per heavy atom. The highest BCUT2D eigenvalue weighted by Crippen LogP contribution is 2.33.